The van der Waals surface area contributed by atoms with Crippen molar-refractivity contribution in [2.45, 2.75) is 25.8 Å². The summed E-state index contributed by atoms with van der Waals surface area (Å²) in [6.07, 6.45) is 1.65. The summed E-state index contributed by atoms with van der Waals surface area (Å²) in [6.45, 7) is 3.42. The third-order valence-corrected chi connectivity index (χ3v) is 6.02. The second-order valence-corrected chi connectivity index (χ2v) is 8.88. The molecule has 8 nitrogen and oxygen atoms in total. The number of nitriles is 1. The highest BCUT2D eigenvalue weighted by atomic mass is 32.2. The summed E-state index contributed by atoms with van der Waals surface area (Å²) in [6, 6.07) is 8.53. The maximum atomic E-state index is 12.1. The average Bonchev–Trinajstić information content (AvgIpc) is 2.91. The second kappa shape index (κ2) is 8.89. The molecule has 9 heteroatoms. The van der Waals surface area contributed by atoms with Gasteiger partial charge >= 0.3 is 5.97 Å². The predicted molar refractivity (Wildman–Crippen MR) is 102 cm³/mol. The van der Waals surface area contributed by atoms with Crippen LogP contribution in [0.25, 0.3) is 6.08 Å². The highest BCUT2D eigenvalue weighted by Gasteiger charge is 2.39. The Morgan fingerprint density at radius 1 is 1.32 bits per heavy atom. The van der Waals surface area contributed by atoms with Crippen LogP contribution in [0.3, 0.4) is 0 Å². The summed E-state index contributed by atoms with van der Waals surface area (Å²) in [7, 11) is -3.17. The molecular weight excluding hydrogens is 384 g/mol. The van der Waals surface area contributed by atoms with Crippen molar-refractivity contribution >= 4 is 27.8 Å². The molecule has 0 unspecified atom stereocenters. The van der Waals surface area contributed by atoms with Crippen LogP contribution in [-0.4, -0.2) is 50.6 Å². The number of nitrogens with one attached hydrogen (secondary N) is 1. The molecule has 1 aromatic rings. The molecule has 0 radical (unpaired) electrons. The van der Waals surface area contributed by atoms with Gasteiger partial charge in [0.1, 0.15) is 17.4 Å². The van der Waals surface area contributed by atoms with Crippen LogP contribution in [0.15, 0.2) is 29.8 Å². The van der Waals surface area contributed by atoms with Crippen LogP contribution in [0.4, 0.5) is 0 Å². The molecule has 1 fully saturated rings. The summed E-state index contributed by atoms with van der Waals surface area (Å²) < 4.78 is 33.3. The second-order valence-electron chi connectivity index (χ2n) is 6.70. The summed E-state index contributed by atoms with van der Waals surface area (Å²) in [4.78, 5) is 24.0. The van der Waals surface area contributed by atoms with Crippen LogP contribution in [0.1, 0.15) is 25.8 Å². The molecule has 0 aromatic heterocycles. The van der Waals surface area contributed by atoms with Gasteiger partial charge in [-0.2, -0.15) is 5.26 Å². The van der Waals surface area contributed by atoms with Crippen LogP contribution in [0.2, 0.25) is 0 Å². The normalized spacial score (nSPS) is 20.8. The summed E-state index contributed by atoms with van der Waals surface area (Å²) >= 11 is 0. The highest BCUT2D eigenvalue weighted by Crippen LogP contribution is 2.22. The molecule has 1 aromatic carbocycles. The first-order chi connectivity index (χ1) is 13.2. The topological polar surface area (TPSA) is 123 Å². The fourth-order valence-corrected chi connectivity index (χ4v) is 4.91. The quantitative estimate of drug-likeness (QED) is 0.410. The zero-order valence-electron chi connectivity index (χ0n) is 15.7. The summed E-state index contributed by atoms with van der Waals surface area (Å²) in [5.74, 6) is -1.03. The lowest BCUT2D eigenvalue weighted by Crippen LogP contribution is -2.48. The number of esters is 1. The fraction of sp³-hybridized carbons (Fsp3) is 0.421. The number of rotatable bonds is 7. The fourth-order valence-electron chi connectivity index (χ4n) is 2.82. The van der Waals surface area contributed by atoms with Gasteiger partial charge in [-0.1, -0.05) is 12.1 Å². The Labute approximate surface area is 164 Å². The van der Waals surface area contributed by atoms with E-state index in [0.717, 1.165) is 0 Å². The first-order valence-electron chi connectivity index (χ1n) is 8.69. The van der Waals surface area contributed by atoms with E-state index < -0.39 is 33.9 Å². The van der Waals surface area contributed by atoms with Crippen LogP contribution < -0.4 is 10.1 Å². The maximum Gasteiger partial charge on any atom is 0.349 e. The minimum absolute atomic E-state index is 0.00692. The van der Waals surface area contributed by atoms with E-state index in [1.54, 1.807) is 37.3 Å². The third kappa shape index (κ3) is 6.09. The molecule has 1 heterocycles. The first-order valence-corrected chi connectivity index (χ1v) is 10.5. The van der Waals surface area contributed by atoms with Gasteiger partial charge < -0.3 is 14.8 Å². The van der Waals surface area contributed by atoms with Gasteiger partial charge in [-0.05, 0) is 44.0 Å². The van der Waals surface area contributed by atoms with Gasteiger partial charge in [0.05, 0.1) is 23.7 Å². The SMILES string of the molecule is CCOc1ccc(/C=C(\C#N)C(=O)OCC(=O)N[C@@]2(C)CCS(=O)(=O)C2)cc1. The molecule has 1 amide bonds. The van der Waals surface area contributed by atoms with E-state index in [1.165, 1.54) is 6.08 Å². The number of hydrogen-bond acceptors (Lipinski definition) is 7. The number of carbonyl (C=O) groups is 2. The van der Waals surface area contributed by atoms with Gasteiger partial charge in [-0.25, -0.2) is 13.2 Å². The van der Waals surface area contributed by atoms with Crippen LogP contribution in [0.5, 0.6) is 5.75 Å². The van der Waals surface area contributed by atoms with Crippen molar-refractivity contribution < 1.29 is 27.5 Å². The molecule has 0 bridgehead atoms. The van der Waals surface area contributed by atoms with Gasteiger partial charge in [0, 0.05) is 0 Å². The van der Waals surface area contributed by atoms with Crippen molar-refractivity contribution in [1.82, 2.24) is 5.32 Å². The van der Waals surface area contributed by atoms with E-state index >= 15 is 0 Å². The Bertz CT molecular complexity index is 915. The molecule has 0 spiro atoms. The molecule has 2 rings (SSSR count). The molecular formula is C19H22N2O6S. The van der Waals surface area contributed by atoms with Crippen LogP contribution in [-0.2, 0) is 24.2 Å². The lowest BCUT2D eigenvalue weighted by atomic mass is 10.0. The van der Waals surface area contributed by atoms with Gasteiger partial charge in [0.15, 0.2) is 16.4 Å². The highest BCUT2D eigenvalue weighted by molar-refractivity contribution is 7.91. The standard InChI is InChI=1S/C19H22N2O6S/c1-3-26-16-6-4-14(5-7-16)10-15(11-20)18(23)27-12-17(22)21-19(2)8-9-28(24,25)13-19/h4-7,10H,3,8-9,12-13H2,1-2H3,(H,21,22)/b15-10+/t19-/m0/s1. The van der Waals surface area contributed by atoms with E-state index in [-0.39, 0.29) is 17.1 Å². The molecule has 0 saturated carbocycles. The van der Waals surface area contributed by atoms with Crippen molar-refractivity contribution in [1.29, 1.82) is 5.26 Å². The number of amides is 1. The molecule has 150 valence electrons. The minimum Gasteiger partial charge on any atom is -0.494 e. The number of nitrogens with zero attached hydrogens (tertiary/aromatic N) is 1. The van der Waals surface area contributed by atoms with Gasteiger partial charge in [0.25, 0.3) is 5.91 Å². The molecule has 1 N–H and O–H groups in total. The van der Waals surface area contributed by atoms with Crippen molar-refractivity contribution in [3.8, 4) is 11.8 Å². The van der Waals surface area contributed by atoms with E-state index in [1.807, 2.05) is 6.92 Å². The molecule has 1 aliphatic heterocycles. The van der Waals surface area contributed by atoms with Crippen LogP contribution >= 0.6 is 0 Å². The largest absolute Gasteiger partial charge is 0.494 e. The third-order valence-electron chi connectivity index (χ3n) is 4.12. The number of benzene rings is 1. The predicted octanol–water partition coefficient (Wildman–Crippen LogP) is 1.23. The van der Waals surface area contributed by atoms with Gasteiger partial charge in [-0.3, -0.25) is 4.79 Å². The Balaban J connectivity index is 1.93. The summed E-state index contributed by atoms with van der Waals surface area (Å²) in [5.41, 5.74) is -0.532. The Morgan fingerprint density at radius 3 is 2.54 bits per heavy atom. The lowest BCUT2D eigenvalue weighted by Gasteiger charge is -2.23. The van der Waals surface area contributed by atoms with Crippen molar-refractivity contribution in [2.75, 3.05) is 24.7 Å². The monoisotopic (exact) mass is 406 g/mol. The van der Waals surface area contributed by atoms with E-state index in [0.29, 0.717) is 24.3 Å². The number of ether oxygens (including phenoxy) is 2. The Kier molecular flexibility index (Phi) is 6.80. The van der Waals surface area contributed by atoms with Gasteiger partial charge in [-0.15, -0.1) is 0 Å². The van der Waals surface area contributed by atoms with E-state index in [2.05, 4.69) is 5.32 Å². The molecule has 1 atom stereocenters. The minimum atomic E-state index is -3.17. The van der Waals surface area contributed by atoms with Gasteiger partial charge in [0.2, 0.25) is 0 Å². The lowest BCUT2D eigenvalue weighted by molar-refractivity contribution is -0.144. The first kappa shape index (κ1) is 21.4. The Hall–Kier alpha value is -2.86. The number of hydrogen-bond donors (Lipinski definition) is 1. The zero-order chi connectivity index (χ0) is 20.8. The molecule has 1 saturated heterocycles. The van der Waals surface area contributed by atoms with E-state index in [4.69, 9.17) is 9.47 Å². The zero-order valence-corrected chi connectivity index (χ0v) is 16.5. The number of carbonyl (C=O) groups excluding carboxylic acids is 2. The van der Waals surface area contributed by atoms with Crippen molar-refractivity contribution in [2.24, 2.45) is 0 Å². The molecule has 28 heavy (non-hydrogen) atoms. The van der Waals surface area contributed by atoms with Crippen molar-refractivity contribution in [3.05, 3.63) is 35.4 Å². The maximum absolute atomic E-state index is 12.1. The Morgan fingerprint density at radius 2 is 2.00 bits per heavy atom. The molecule has 1 aliphatic rings. The smallest absolute Gasteiger partial charge is 0.349 e. The van der Waals surface area contributed by atoms with Crippen LogP contribution in [0, 0.1) is 11.3 Å². The average molecular weight is 406 g/mol. The number of sulfone groups is 1. The van der Waals surface area contributed by atoms with E-state index in [9.17, 15) is 23.3 Å². The summed E-state index contributed by atoms with van der Waals surface area (Å²) in [5, 5.41) is 11.8. The molecule has 0 aliphatic carbocycles. The van der Waals surface area contributed by atoms with Crippen molar-refractivity contribution in [3.63, 3.8) is 0 Å².